The van der Waals surface area contributed by atoms with Gasteiger partial charge in [-0.25, -0.2) is 15.1 Å². The molecule has 1 aromatic heterocycles. The van der Waals surface area contributed by atoms with Crippen LogP contribution in [0.3, 0.4) is 0 Å². The van der Waals surface area contributed by atoms with E-state index in [4.69, 9.17) is 14.6 Å². The quantitative estimate of drug-likeness (QED) is 0.561. The average Bonchev–Trinajstić information content (AvgIpc) is 2.66. The fourth-order valence-corrected chi connectivity index (χ4v) is 2.88. The molecule has 0 bridgehead atoms. The minimum absolute atomic E-state index is 0.118. The van der Waals surface area contributed by atoms with Gasteiger partial charge >= 0.3 is 0 Å². The lowest BCUT2D eigenvalue weighted by Gasteiger charge is -2.12. The highest BCUT2D eigenvalue weighted by atomic mass is 32.2. The molecule has 0 saturated heterocycles. The number of nitrogens with zero attached hydrogens (tertiary/aromatic N) is 2. The number of hydrogen-bond donors (Lipinski definition) is 3. The normalized spacial score (nSPS) is 11.4. The van der Waals surface area contributed by atoms with Gasteiger partial charge in [-0.1, -0.05) is 12.1 Å². The summed E-state index contributed by atoms with van der Waals surface area (Å²) in [6.07, 6.45) is 1.46. The minimum atomic E-state index is -3.72. The van der Waals surface area contributed by atoms with Gasteiger partial charge in [-0.05, 0) is 23.8 Å². The summed E-state index contributed by atoms with van der Waals surface area (Å²) in [7, 11) is -0.592. The molecule has 0 amide bonds. The van der Waals surface area contributed by atoms with Gasteiger partial charge in [0.2, 0.25) is 0 Å². The number of nitrogens with two attached hydrogens (primary N) is 1. The zero-order chi connectivity index (χ0) is 19.4. The Morgan fingerprint density at radius 1 is 1.04 bits per heavy atom. The van der Waals surface area contributed by atoms with E-state index in [1.165, 1.54) is 6.33 Å². The van der Waals surface area contributed by atoms with Crippen LogP contribution < -0.4 is 24.7 Å². The van der Waals surface area contributed by atoms with E-state index in [-0.39, 0.29) is 6.54 Å². The molecule has 27 heavy (non-hydrogen) atoms. The Bertz CT molecular complexity index is 1050. The summed E-state index contributed by atoms with van der Waals surface area (Å²) >= 11 is 0. The van der Waals surface area contributed by atoms with Crippen LogP contribution in [0.25, 0.3) is 10.9 Å². The predicted octanol–water partition coefficient (Wildman–Crippen LogP) is 1.68. The van der Waals surface area contributed by atoms with Crippen LogP contribution >= 0.6 is 0 Å². The van der Waals surface area contributed by atoms with Gasteiger partial charge in [0.05, 0.1) is 19.7 Å². The van der Waals surface area contributed by atoms with E-state index >= 15 is 0 Å². The molecule has 9 nitrogen and oxygen atoms in total. The van der Waals surface area contributed by atoms with Crippen molar-refractivity contribution in [3.63, 3.8) is 0 Å². The van der Waals surface area contributed by atoms with Crippen LogP contribution in [0, 0.1) is 0 Å². The number of rotatable bonds is 7. The lowest BCUT2D eigenvalue weighted by molar-refractivity contribution is 0.356. The Morgan fingerprint density at radius 2 is 1.70 bits per heavy atom. The number of aromatic nitrogens is 2. The number of anilines is 2. The molecule has 0 aliphatic carbocycles. The topological polar surface area (TPSA) is 128 Å². The minimum Gasteiger partial charge on any atom is -0.493 e. The highest BCUT2D eigenvalue weighted by Gasteiger charge is 2.11. The summed E-state index contributed by atoms with van der Waals surface area (Å²) in [4.78, 5) is 8.56. The second-order valence-electron chi connectivity index (χ2n) is 5.63. The first-order valence-electron chi connectivity index (χ1n) is 7.89. The summed E-state index contributed by atoms with van der Waals surface area (Å²) in [5.74, 6) is 1.77. The number of benzene rings is 2. The van der Waals surface area contributed by atoms with Crippen molar-refractivity contribution < 1.29 is 17.9 Å². The first-order valence-corrected chi connectivity index (χ1v) is 9.44. The molecule has 3 rings (SSSR count). The second kappa shape index (κ2) is 7.74. The molecule has 2 aromatic carbocycles. The molecule has 3 aromatic rings. The van der Waals surface area contributed by atoms with Crippen LogP contribution in [-0.4, -0.2) is 32.6 Å². The van der Waals surface area contributed by atoms with Crippen molar-refractivity contribution in [3.8, 4) is 11.5 Å². The Morgan fingerprint density at radius 3 is 2.33 bits per heavy atom. The molecule has 1 heterocycles. The summed E-state index contributed by atoms with van der Waals surface area (Å²) in [6.45, 7) is 0.118. The third-order valence-electron chi connectivity index (χ3n) is 3.83. The molecule has 0 radical (unpaired) electrons. The predicted molar refractivity (Wildman–Crippen MR) is 102 cm³/mol. The molecule has 0 saturated carbocycles. The second-order valence-corrected chi connectivity index (χ2v) is 7.01. The van der Waals surface area contributed by atoms with Gasteiger partial charge in [0, 0.05) is 23.7 Å². The largest absolute Gasteiger partial charge is 0.493 e. The molecule has 0 aliphatic heterocycles. The highest BCUT2D eigenvalue weighted by Crippen LogP contribution is 2.34. The number of methoxy groups -OCH3 is 2. The number of fused-ring (bicyclic) bond motifs is 1. The van der Waals surface area contributed by atoms with Crippen LogP contribution in [0.1, 0.15) is 5.56 Å². The molecule has 0 fully saturated rings. The third-order valence-corrected chi connectivity index (χ3v) is 4.38. The molecular weight excluding hydrogens is 370 g/mol. The van der Waals surface area contributed by atoms with Crippen molar-refractivity contribution in [1.82, 2.24) is 14.7 Å². The van der Waals surface area contributed by atoms with Crippen molar-refractivity contribution in [2.75, 3.05) is 19.5 Å². The maximum atomic E-state index is 11.0. The Labute approximate surface area is 156 Å². The number of nitrogens with one attached hydrogen (secondary N) is 2. The van der Waals surface area contributed by atoms with Gasteiger partial charge in [-0.2, -0.15) is 13.1 Å². The van der Waals surface area contributed by atoms with Gasteiger partial charge < -0.3 is 14.8 Å². The van der Waals surface area contributed by atoms with E-state index < -0.39 is 10.2 Å². The van der Waals surface area contributed by atoms with Crippen molar-refractivity contribution in [1.29, 1.82) is 0 Å². The monoisotopic (exact) mass is 389 g/mol. The summed E-state index contributed by atoms with van der Waals surface area (Å²) in [5, 5.41) is 8.93. The van der Waals surface area contributed by atoms with E-state index in [0.29, 0.717) is 22.8 Å². The smallest absolute Gasteiger partial charge is 0.274 e. The van der Waals surface area contributed by atoms with E-state index in [9.17, 15) is 8.42 Å². The van der Waals surface area contributed by atoms with Crippen LogP contribution in [0.2, 0.25) is 0 Å². The fourth-order valence-electron chi connectivity index (χ4n) is 2.51. The fraction of sp³-hybridized carbons (Fsp3) is 0.176. The number of ether oxygens (including phenoxy) is 2. The molecule has 10 heteroatoms. The highest BCUT2D eigenvalue weighted by molar-refractivity contribution is 7.87. The molecular formula is C17H19N5O4S. The summed E-state index contributed by atoms with van der Waals surface area (Å²) in [6, 6.07) is 10.8. The van der Waals surface area contributed by atoms with E-state index in [0.717, 1.165) is 16.6 Å². The molecule has 0 spiro atoms. The van der Waals surface area contributed by atoms with Gasteiger partial charge in [0.25, 0.3) is 10.2 Å². The molecule has 0 aliphatic rings. The van der Waals surface area contributed by atoms with E-state index in [1.54, 1.807) is 38.5 Å². The van der Waals surface area contributed by atoms with Gasteiger partial charge in [0.15, 0.2) is 11.5 Å². The average molecular weight is 389 g/mol. The first-order chi connectivity index (χ1) is 12.9. The van der Waals surface area contributed by atoms with Gasteiger partial charge in [0.1, 0.15) is 12.1 Å². The Hall–Kier alpha value is -2.95. The SMILES string of the molecule is COc1cc2ncnc(Nc3ccc(CNS(N)(=O)=O)cc3)c2cc1OC. The van der Waals surface area contributed by atoms with Crippen LogP contribution in [0.4, 0.5) is 11.5 Å². The zero-order valence-electron chi connectivity index (χ0n) is 14.8. The van der Waals surface area contributed by atoms with Gasteiger partial charge in [-0.15, -0.1) is 0 Å². The zero-order valence-corrected chi connectivity index (χ0v) is 15.6. The van der Waals surface area contributed by atoms with Crippen LogP contribution in [-0.2, 0) is 16.8 Å². The number of hydrogen-bond acceptors (Lipinski definition) is 7. The van der Waals surface area contributed by atoms with E-state index in [1.807, 2.05) is 12.1 Å². The third kappa shape index (κ3) is 4.61. The first kappa shape index (κ1) is 18.8. The molecule has 0 atom stereocenters. The Balaban J connectivity index is 1.86. The molecule has 4 N–H and O–H groups in total. The molecule has 0 unspecified atom stereocenters. The van der Waals surface area contributed by atoms with Crippen molar-refractivity contribution in [2.45, 2.75) is 6.54 Å². The lowest BCUT2D eigenvalue weighted by Crippen LogP contribution is -2.30. The Kier molecular flexibility index (Phi) is 5.40. The van der Waals surface area contributed by atoms with Crippen molar-refractivity contribution >= 4 is 32.6 Å². The molecule has 142 valence electrons. The maximum absolute atomic E-state index is 11.0. The van der Waals surface area contributed by atoms with Crippen molar-refractivity contribution in [3.05, 3.63) is 48.3 Å². The summed E-state index contributed by atoms with van der Waals surface area (Å²) < 4.78 is 34.8. The van der Waals surface area contributed by atoms with E-state index in [2.05, 4.69) is 20.0 Å². The van der Waals surface area contributed by atoms with Gasteiger partial charge in [-0.3, -0.25) is 0 Å². The van der Waals surface area contributed by atoms with Crippen LogP contribution in [0.15, 0.2) is 42.7 Å². The van der Waals surface area contributed by atoms with Crippen LogP contribution in [0.5, 0.6) is 11.5 Å². The standard InChI is InChI=1S/C17H19N5O4S/c1-25-15-7-13-14(8-16(15)26-2)19-10-20-17(13)22-12-5-3-11(4-6-12)9-21-27(18,23)24/h3-8,10,21H,9H2,1-2H3,(H2,18,23,24)(H,19,20,22). The summed E-state index contributed by atoms with van der Waals surface area (Å²) in [5.41, 5.74) is 2.26. The lowest BCUT2D eigenvalue weighted by atomic mass is 10.2. The maximum Gasteiger partial charge on any atom is 0.274 e. The van der Waals surface area contributed by atoms with Crippen molar-refractivity contribution in [2.24, 2.45) is 5.14 Å².